The van der Waals surface area contributed by atoms with Crippen LogP contribution >= 0.6 is 0 Å². The molecule has 0 spiro atoms. The Labute approximate surface area is 99.3 Å². The molecule has 1 N–H and O–H groups in total. The van der Waals surface area contributed by atoms with Gasteiger partial charge in [-0.25, -0.2) is 0 Å². The summed E-state index contributed by atoms with van der Waals surface area (Å²) in [7, 11) is 0. The molecule has 0 aliphatic heterocycles. The first-order chi connectivity index (χ1) is 7.90. The summed E-state index contributed by atoms with van der Waals surface area (Å²) in [5, 5.41) is 3.46. The van der Waals surface area contributed by atoms with Gasteiger partial charge in [0.25, 0.3) is 0 Å². The van der Waals surface area contributed by atoms with Crippen molar-refractivity contribution in [3.05, 3.63) is 34.9 Å². The maximum absolute atomic E-state index is 3.46. The topological polar surface area (TPSA) is 12.0 Å². The van der Waals surface area contributed by atoms with E-state index in [1.807, 2.05) is 0 Å². The van der Waals surface area contributed by atoms with Crippen molar-refractivity contribution in [3.63, 3.8) is 0 Å². The lowest BCUT2D eigenvalue weighted by molar-refractivity contribution is 0.665. The zero-order valence-electron chi connectivity index (χ0n) is 10.4. The Balaban J connectivity index is 1.90. The van der Waals surface area contributed by atoms with E-state index in [0.29, 0.717) is 0 Å². The van der Waals surface area contributed by atoms with Gasteiger partial charge in [-0.05, 0) is 68.3 Å². The highest BCUT2D eigenvalue weighted by Gasteiger charge is 2.08. The molecule has 88 valence electrons. The van der Waals surface area contributed by atoms with E-state index in [9.17, 15) is 0 Å². The molecule has 2 rings (SSSR count). The summed E-state index contributed by atoms with van der Waals surface area (Å²) >= 11 is 0. The third kappa shape index (κ3) is 3.08. The molecule has 0 aromatic heterocycles. The quantitative estimate of drug-likeness (QED) is 0.747. The number of fused-ring (bicyclic) bond motifs is 1. The lowest BCUT2D eigenvalue weighted by atomic mass is 9.90. The first kappa shape index (κ1) is 11.7. The van der Waals surface area contributed by atoms with Crippen LogP contribution in [0.1, 0.15) is 42.9 Å². The van der Waals surface area contributed by atoms with Crippen LogP contribution in [0.5, 0.6) is 0 Å². The maximum Gasteiger partial charge on any atom is -0.000835 e. The van der Waals surface area contributed by atoms with Gasteiger partial charge in [0.05, 0.1) is 0 Å². The number of benzene rings is 1. The minimum atomic E-state index is 1.12. The average molecular weight is 217 g/mol. The number of hydrogen-bond donors (Lipinski definition) is 1. The molecule has 0 radical (unpaired) electrons. The average Bonchev–Trinajstić information content (AvgIpc) is 2.34. The van der Waals surface area contributed by atoms with Crippen LogP contribution in [0.3, 0.4) is 0 Å². The van der Waals surface area contributed by atoms with E-state index in [2.05, 4.69) is 30.4 Å². The Bertz CT molecular complexity index is 330. The minimum absolute atomic E-state index is 1.12. The number of aryl methyl sites for hydroxylation is 2. The lowest BCUT2D eigenvalue weighted by Crippen LogP contribution is -2.18. The van der Waals surface area contributed by atoms with Gasteiger partial charge in [-0.15, -0.1) is 0 Å². The third-order valence-electron chi connectivity index (χ3n) is 3.43. The molecule has 0 unspecified atom stereocenters. The zero-order valence-corrected chi connectivity index (χ0v) is 10.4. The molecule has 1 aliphatic carbocycles. The van der Waals surface area contributed by atoms with Gasteiger partial charge in [0.15, 0.2) is 0 Å². The number of nitrogens with one attached hydrogen (secondary N) is 1. The summed E-state index contributed by atoms with van der Waals surface area (Å²) in [6, 6.07) is 7.10. The molecule has 0 amide bonds. The third-order valence-corrected chi connectivity index (χ3v) is 3.43. The molecule has 0 fully saturated rings. The smallest absolute Gasteiger partial charge is 0.000835 e. The van der Waals surface area contributed by atoms with Crippen molar-refractivity contribution < 1.29 is 0 Å². The first-order valence-corrected chi connectivity index (χ1v) is 6.71. The van der Waals surface area contributed by atoms with Crippen molar-refractivity contribution in [1.82, 2.24) is 5.32 Å². The number of rotatable bonds is 5. The predicted octanol–water partition coefficient (Wildman–Crippen LogP) is 3.11. The predicted molar refractivity (Wildman–Crippen MR) is 69.9 cm³/mol. The van der Waals surface area contributed by atoms with Crippen molar-refractivity contribution in [2.24, 2.45) is 0 Å². The summed E-state index contributed by atoms with van der Waals surface area (Å²) in [6.07, 6.45) is 7.75. The normalized spacial score (nSPS) is 14.8. The maximum atomic E-state index is 3.46. The van der Waals surface area contributed by atoms with E-state index in [4.69, 9.17) is 0 Å². The highest BCUT2D eigenvalue weighted by Crippen LogP contribution is 2.22. The van der Waals surface area contributed by atoms with Crippen LogP contribution in [0.25, 0.3) is 0 Å². The summed E-state index contributed by atoms with van der Waals surface area (Å²) < 4.78 is 0. The van der Waals surface area contributed by atoms with E-state index in [0.717, 1.165) is 13.1 Å². The molecule has 0 bridgehead atoms. The van der Waals surface area contributed by atoms with Crippen molar-refractivity contribution in [1.29, 1.82) is 0 Å². The van der Waals surface area contributed by atoms with Crippen LogP contribution in [0.2, 0.25) is 0 Å². The highest BCUT2D eigenvalue weighted by atomic mass is 14.8. The second-order valence-corrected chi connectivity index (χ2v) is 4.81. The lowest BCUT2D eigenvalue weighted by Gasteiger charge is -2.16. The molecule has 1 heteroatoms. The van der Waals surface area contributed by atoms with E-state index in [1.54, 1.807) is 11.1 Å². The van der Waals surface area contributed by atoms with E-state index in [-0.39, 0.29) is 0 Å². The van der Waals surface area contributed by atoms with Crippen LogP contribution < -0.4 is 5.32 Å². The SMILES string of the molecule is CCCNCCc1ccc2c(c1)CCCC2. The first-order valence-electron chi connectivity index (χ1n) is 6.71. The molecular formula is C15H23N. The molecule has 1 aromatic rings. The number of hydrogen-bond acceptors (Lipinski definition) is 1. The Morgan fingerprint density at radius 1 is 1.06 bits per heavy atom. The molecule has 0 heterocycles. The molecular weight excluding hydrogens is 194 g/mol. The largest absolute Gasteiger partial charge is 0.316 e. The minimum Gasteiger partial charge on any atom is -0.316 e. The van der Waals surface area contributed by atoms with Crippen LogP contribution in [0.15, 0.2) is 18.2 Å². The van der Waals surface area contributed by atoms with Gasteiger partial charge in [0.1, 0.15) is 0 Å². The Hall–Kier alpha value is -0.820. The molecule has 1 aliphatic rings. The van der Waals surface area contributed by atoms with E-state index >= 15 is 0 Å². The van der Waals surface area contributed by atoms with E-state index in [1.165, 1.54) is 44.1 Å². The van der Waals surface area contributed by atoms with Crippen LogP contribution in [-0.2, 0) is 19.3 Å². The van der Waals surface area contributed by atoms with Crippen molar-refractivity contribution in [2.75, 3.05) is 13.1 Å². The van der Waals surface area contributed by atoms with Crippen LogP contribution in [0.4, 0.5) is 0 Å². The van der Waals surface area contributed by atoms with Crippen molar-refractivity contribution in [3.8, 4) is 0 Å². The van der Waals surface area contributed by atoms with Crippen LogP contribution in [0, 0.1) is 0 Å². The molecule has 0 saturated carbocycles. The molecule has 1 aromatic carbocycles. The van der Waals surface area contributed by atoms with Gasteiger partial charge in [0, 0.05) is 0 Å². The Kier molecular flexibility index (Phi) is 4.41. The fourth-order valence-electron chi connectivity index (χ4n) is 2.48. The van der Waals surface area contributed by atoms with Crippen molar-refractivity contribution >= 4 is 0 Å². The fourth-order valence-corrected chi connectivity index (χ4v) is 2.48. The zero-order chi connectivity index (χ0) is 11.2. The standard InChI is InChI=1S/C15H23N/c1-2-10-16-11-9-13-7-8-14-5-3-4-6-15(14)12-13/h7-8,12,16H,2-6,9-11H2,1H3. The van der Waals surface area contributed by atoms with Gasteiger partial charge >= 0.3 is 0 Å². The molecule has 1 nitrogen and oxygen atoms in total. The second-order valence-electron chi connectivity index (χ2n) is 4.81. The van der Waals surface area contributed by atoms with Gasteiger partial charge in [-0.2, -0.15) is 0 Å². The summed E-state index contributed by atoms with van der Waals surface area (Å²) in [5.74, 6) is 0. The highest BCUT2D eigenvalue weighted by molar-refractivity contribution is 5.33. The molecule has 0 atom stereocenters. The molecule has 0 saturated heterocycles. The summed E-state index contributed by atoms with van der Waals surface area (Å²) in [6.45, 7) is 4.48. The Morgan fingerprint density at radius 3 is 2.69 bits per heavy atom. The summed E-state index contributed by atoms with van der Waals surface area (Å²) in [4.78, 5) is 0. The van der Waals surface area contributed by atoms with Gasteiger partial charge in [0.2, 0.25) is 0 Å². The molecule has 16 heavy (non-hydrogen) atoms. The second kappa shape index (κ2) is 6.05. The van der Waals surface area contributed by atoms with Gasteiger partial charge in [-0.3, -0.25) is 0 Å². The van der Waals surface area contributed by atoms with Gasteiger partial charge in [-0.1, -0.05) is 25.1 Å². The van der Waals surface area contributed by atoms with Gasteiger partial charge < -0.3 is 5.32 Å². The monoisotopic (exact) mass is 217 g/mol. The van der Waals surface area contributed by atoms with Crippen molar-refractivity contribution in [2.45, 2.75) is 45.4 Å². The van der Waals surface area contributed by atoms with E-state index < -0.39 is 0 Å². The van der Waals surface area contributed by atoms with Crippen LogP contribution in [-0.4, -0.2) is 13.1 Å². The summed E-state index contributed by atoms with van der Waals surface area (Å²) in [5.41, 5.74) is 4.71. The fraction of sp³-hybridized carbons (Fsp3) is 0.600. The Morgan fingerprint density at radius 2 is 1.88 bits per heavy atom.